The van der Waals surface area contributed by atoms with Crippen LogP contribution in [0.15, 0.2) is 48.5 Å². The molecule has 2 aromatic carbocycles. The van der Waals surface area contributed by atoms with Crippen LogP contribution >= 0.6 is 11.6 Å². The van der Waals surface area contributed by atoms with Crippen molar-refractivity contribution < 1.29 is 14.3 Å². The zero-order valence-electron chi connectivity index (χ0n) is 18.4. The zero-order valence-corrected chi connectivity index (χ0v) is 19.1. The van der Waals surface area contributed by atoms with Crippen LogP contribution in [0, 0.1) is 13.8 Å². The largest absolute Gasteiger partial charge is 0.486 e. The first kappa shape index (κ1) is 21.3. The van der Waals surface area contributed by atoms with E-state index in [0.717, 1.165) is 33.9 Å². The zero-order chi connectivity index (χ0) is 22.9. The SMILES string of the molecule is Cc1nc2cc(-c3ccc(Cl)cc3)nn2c(C)c1CCC(=O)Nc1ccc2c(c1)OCCO2. The van der Waals surface area contributed by atoms with Gasteiger partial charge in [-0.15, -0.1) is 0 Å². The minimum atomic E-state index is -0.0760. The molecule has 1 amide bonds. The van der Waals surface area contributed by atoms with E-state index in [4.69, 9.17) is 31.2 Å². The number of hydrogen-bond donors (Lipinski definition) is 1. The Hall–Kier alpha value is -3.58. The number of nitrogens with one attached hydrogen (secondary N) is 1. The summed E-state index contributed by atoms with van der Waals surface area (Å²) < 4.78 is 13.0. The summed E-state index contributed by atoms with van der Waals surface area (Å²) in [6.45, 7) is 5.02. The van der Waals surface area contributed by atoms with Crippen molar-refractivity contribution in [3.8, 4) is 22.8 Å². The van der Waals surface area contributed by atoms with Crippen molar-refractivity contribution in [3.63, 3.8) is 0 Å². The van der Waals surface area contributed by atoms with Crippen LogP contribution in [0.2, 0.25) is 5.02 Å². The Kier molecular flexibility index (Phi) is 5.64. The Labute approximate surface area is 196 Å². The van der Waals surface area contributed by atoms with E-state index >= 15 is 0 Å². The molecular weight excluding hydrogens is 440 g/mol. The van der Waals surface area contributed by atoms with Crippen LogP contribution in [0.3, 0.4) is 0 Å². The molecule has 1 aliphatic rings. The van der Waals surface area contributed by atoms with Gasteiger partial charge < -0.3 is 14.8 Å². The van der Waals surface area contributed by atoms with Crippen molar-refractivity contribution in [2.45, 2.75) is 26.7 Å². The standard InChI is InChI=1S/C25H23ClN4O3/c1-15-20(8-10-25(31)28-19-7-9-22-23(13-19)33-12-11-32-22)16(2)30-24(27-15)14-21(29-30)17-3-5-18(26)6-4-17/h3-7,9,13-14H,8,10-12H2,1-2H3,(H,28,31). The lowest BCUT2D eigenvalue weighted by Crippen LogP contribution is -2.17. The molecule has 168 valence electrons. The Morgan fingerprint density at radius 3 is 2.61 bits per heavy atom. The molecule has 0 saturated carbocycles. The molecule has 1 N–H and O–H groups in total. The van der Waals surface area contributed by atoms with Crippen LogP contribution in [0.1, 0.15) is 23.4 Å². The van der Waals surface area contributed by atoms with Gasteiger partial charge in [-0.3, -0.25) is 4.79 Å². The number of carbonyl (C=O) groups excluding carboxylic acids is 1. The maximum absolute atomic E-state index is 12.6. The highest BCUT2D eigenvalue weighted by Crippen LogP contribution is 2.32. The highest BCUT2D eigenvalue weighted by molar-refractivity contribution is 6.30. The number of hydrogen-bond acceptors (Lipinski definition) is 5. The fourth-order valence-electron chi connectivity index (χ4n) is 4.03. The Balaban J connectivity index is 1.32. The number of aromatic nitrogens is 3. The van der Waals surface area contributed by atoms with Crippen LogP contribution in [0.4, 0.5) is 5.69 Å². The summed E-state index contributed by atoms with van der Waals surface area (Å²) in [5.74, 6) is 1.27. The lowest BCUT2D eigenvalue weighted by Gasteiger charge is -2.19. The molecule has 4 aromatic rings. The van der Waals surface area contributed by atoms with Crippen LogP contribution in [-0.2, 0) is 11.2 Å². The Morgan fingerprint density at radius 2 is 1.82 bits per heavy atom. The van der Waals surface area contributed by atoms with Gasteiger partial charge in [0, 0.05) is 46.2 Å². The number of amides is 1. The molecule has 3 heterocycles. The number of nitrogens with zero attached hydrogens (tertiary/aromatic N) is 3. The van der Waals surface area contributed by atoms with E-state index in [0.29, 0.717) is 48.3 Å². The fourth-order valence-corrected chi connectivity index (χ4v) is 4.16. The van der Waals surface area contributed by atoms with Gasteiger partial charge in [-0.1, -0.05) is 23.7 Å². The van der Waals surface area contributed by atoms with E-state index < -0.39 is 0 Å². The summed E-state index contributed by atoms with van der Waals surface area (Å²) in [7, 11) is 0. The van der Waals surface area contributed by atoms with Crippen molar-refractivity contribution in [2.75, 3.05) is 18.5 Å². The van der Waals surface area contributed by atoms with Crippen LogP contribution < -0.4 is 14.8 Å². The molecule has 0 unspecified atom stereocenters. The molecule has 8 heteroatoms. The van der Waals surface area contributed by atoms with Gasteiger partial charge in [0.15, 0.2) is 17.1 Å². The van der Waals surface area contributed by atoms with Crippen LogP contribution in [0.5, 0.6) is 11.5 Å². The van der Waals surface area contributed by atoms with Crippen molar-refractivity contribution >= 4 is 28.8 Å². The molecule has 0 aliphatic carbocycles. The highest BCUT2D eigenvalue weighted by Gasteiger charge is 2.16. The smallest absolute Gasteiger partial charge is 0.224 e. The first-order valence-corrected chi connectivity index (χ1v) is 11.2. The number of fused-ring (bicyclic) bond motifs is 2. The number of carbonyl (C=O) groups is 1. The predicted octanol–water partition coefficient (Wildman–Crippen LogP) is 5.01. The minimum absolute atomic E-state index is 0.0760. The molecule has 0 saturated heterocycles. The maximum atomic E-state index is 12.6. The summed E-state index contributed by atoms with van der Waals surface area (Å²) >= 11 is 6.00. The molecular formula is C25H23ClN4O3. The van der Waals surface area contributed by atoms with E-state index in [2.05, 4.69) is 5.32 Å². The third-order valence-corrected chi connectivity index (χ3v) is 5.98. The molecule has 0 radical (unpaired) electrons. The van der Waals surface area contributed by atoms with E-state index in [-0.39, 0.29) is 5.91 Å². The number of ether oxygens (including phenoxy) is 2. The quantitative estimate of drug-likeness (QED) is 0.451. The van der Waals surface area contributed by atoms with Crippen LogP contribution in [-0.4, -0.2) is 33.7 Å². The van der Waals surface area contributed by atoms with E-state index in [1.165, 1.54) is 0 Å². The van der Waals surface area contributed by atoms with Crippen molar-refractivity contribution in [1.29, 1.82) is 0 Å². The second-order valence-corrected chi connectivity index (χ2v) is 8.41. The topological polar surface area (TPSA) is 77.8 Å². The van der Waals surface area contributed by atoms with Gasteiger partial charge in [0.2, 0.25) is 5.91 Å². The maximum Gasteiger partial charge on any atom is 0.224 e. The predicted molar refractivity (Wildman–Crippen MR) is 127 cm³/mol. The van der Waals surface area contributed by atoms with Gasteiger partial charge in [0.25, 0.3) is 0 Å². The van der Waals surface area contributed by atoms with Gasteiger partial charge in [-0.2, -0.15) is 5.10 Å². The summed E-state index contributed by atoms with van der Waals surface area (Å²) in [5, 5.41) is 8.36. The molecule has 0 bridgehead atoms. The third kappa shape index (κ3) is 4.36. The average molecular weight is 463 g/mol. The van der Waals surface area contributed by atoms with Gasteiger partial charge in [-0.05, 0) is 50.1 Å². The van der Waals surface area contributed by atoms with E-state index in [1.807, 2.05) is 60.8 Å². The lowest BCUT2D eigenvalue weighted by molar-refractivity contribution is -0.116. The third-order valence-electron chi connectivity index (χ3n) is 5.73. The molecule has 2 aromatic heterocycles. The number of anilines is 1. The van der Waals surface area contributed by atoms with Crippen molar-refractivity contribution in [2.24, 2.45) is 0 Å². The molecule has 0 atom stereocenters. The Bertz CT molecular complexity index is 1350. The number of halogens is 1. The van der Waals surface area contributed by atoms with Crippen LogP contribution in [0.25, 0.3) is 16.9 Å². The van der Waals surface area contributed by atoms with Crippen molar-refractivity contribution in [1.82, 2.24) is 14.6 Å². The van der Waals surface area contributed by atoms with Gasteiger partial charge in [0.1, 0.15) is 13.2 Å². The first-order valence-electron chi connectivity index (χ1n) is 10.8. The monoisotopic (exact) mass is 462 g/mol. The fraction of sp³-hybridized carbons (Fsp3) is 0.240. The Morgan fingerprint density at radius 1 is 1.06 bits per heavy atom. The first-order chi connectivity index (χ1) is 16.0. The van der Waals surface area contributed by atoms with Gasteiger partial charge in [-0.25, -0.2) is 9.50 Å². The van der Waals surface area contributed by atoms with E-state index in [9.17, 15) is 4.79 Å². The highest BCUT2D eigenvalue weighted by atomic mass is 35.5. The van der Waals surface area contributed by atoms with Crippen molar-refractivity contribution in [3.05, 3.63) is 70.5 Å². The number of benzene rings is 2. The lowest BCUT2D eigenvalue weighted by atomic mass is 10.1. The number of rotatable bonds is 5. The second-order valence-electron chi connectivity index (χ2n) is 7.97. The minimum Gasteiger partial charge on any atom is -0.486 e. The molecule has 33 heavy (non-hydrogen) atoms. The van der Waals surface area contributed by atoms with Gasteiger partial charge >= 0.3 is 0 Å². The molecule has 0 spiro atoms. The summed E-state index contributed by atoms with van der Waals surface area (Å²) in [4.78, 5) is 17.3. The van der Waals surface area contributed by atoms with Gasteiger partial charge in [0.05, 0.1) is 5.69 Å². The van der Waals surface area contributed by atoms with E-state index in [1.54, 1.807) is 6.07 Å². The molecule has 7 nitrogen and oxygen atoms in total. The summed E-state index contributed by atoms with van der Waals surface area (Å²) in [5.41, 5.74) is 6.16. The summed E-state index contributed by atoms with van der Waals surface area (Å²) in [6.07, 6.45) is 0.891. The summed E-state index contributed by atoms with van der Waals surface area (Å²) in [6, 6.07) is 14.9. The number of aryl methyl sites for hydroxylation is 2. The average Bonchev–Trinajstić information content (AvgIpc) is 3.23. The molecule has 5 rings (SSSR count). The second kappa shape index (κ2) is 8.75. The molecule has 1 aliphatic heterocycles. The normalized spacial score (nSPS) is 12.7. The molecule has 0 fully saturated rings.